The molecule has 1 saturated heterocycles. The van der Waals surface area contributed by atoms with Gasteiger partial charge in [-0.05, 0) is 43.7 Å². The number of aromatic nitrogens is 3. The number of nitrogens with zero attached hydrogens (tertiary/aromatic N) is 3. The van der Waals surface area contributed by atoms with Crippen molar-refractivity contribution in [1.82, 2.24) is 20.3 Å². The number of alkyl halides is 3. The standard InChI is InChI=1S/C25H23ClF3N5O3/c1-15(33-23(36)24(6-7-37-13-24)9-22(35)16-10-30-14-31-11-16)20-5-3-18(12-32-20)34-21-4-2-17(26)8-19(21)25(27,28)29/h2-5,8,10-12,14-15,34H,6-7,9,13H2,1H3,(H,33,36)/t15?,24-/m0/s1. The Kier molecular flexibility index (Phi) is 7.74. The highest BCUT2D eigenvalue weighted by molar-refractivity contribution is 6.30. The summed E-state index contributed by atoms with van der Waals surface area (Å²) in [5.41, 5.74) is -0.969. The fraction of sp³-hybridized carbons (Fsp3) is 0.320. The van der Waals surface area contributed by atoms with Crippen molar-refractivity contribution >= 4 is 34.7 Å². The summed E-state index contributed by atoms with van der Waals surface area (Å²) in [4.78, 5) is 38.0. The number of anilines is 2. The van der Waals surface area contributed by atoms with Crippen molar-refractivity contribution in [2.45, 2.75) is 32.0 Å². The lowest BCUT2D eigenvalue weighted by atomic mass is 9.80. The molecule has 1 aromatic carbocycles. The van der Waals surface area contributed by atoms with Crippen molar-refractivity contribution in [3.8, 4) is 0 Å². The largest absolute Gasteiger partial charge is 0.418 e. The molecule has 3 aromatic rings. The van der Waals surface area contributed by atoms with E-state index in [9.17, 15) is 22.8 Å². The number of rotatable bonds is 8. The van der Waals surface area contributed by atoms with E-state index in [4.69, 9.17) is 16.3 Å². The average molecular weight is 534 g/mol. The molecule has 1 fully saturated rings. The van der Waals surface area contributed by atoms with Gasteiger partial charge in [-0.25, -0.2) is 9.97 Å². The number of ketones is 1. The van der Waals surface area contributed by atoms with Crippen LogP contribution in [0.1, 0.15) is 47.4 Å². The van der Waals surface area contributed by atoms with Crippen LogP contribution < -0.4 is 10.6 Å². The summed E-state index contributed by atoms with van der Waals surface area (Å²) in [6.07, 6.45) is 1.23. The first-order valence-electron chi connectivity index (χ1n) is 11.3. The van der Waals surface area contributed by atoms with Crippen molar-refractivity contribution in [2.24, 2.45) is 5.41 Å². The van der Waals surface area contributed by atoms with Crippen molar-refractivity contribution in [2.75, 3.05) is 18.5 Å². The molecule has 12 heteroatoms. The monoisotopic (exact) mass is 533 g/mol. The lowest BCUT2D eigenvalue weighted by molar-refractivity contribution is -0.137. The van der Waals surface area contributed by atoms with Crippen LogP contribution >= 0.6 is 11.6 Å². The number of carbonyl (C=O) groups is 2. The topological polar surface area (TPSA) is 106 Å². The third kappa shape index (κ3) is 6.23. The Bertz CT molecular complexity index is 1270. The minimum Gasteiger partial charge on any atom is -0.380 e. The maximum absolute atomic E-state index is 13.4. The SMILES string of the molecule is CC(NC(=O)[C@]1(CC(=O)c2cncnc2)CCOC1)c1ccc(Nc2ccc(Cl)cc2C(F)(F)F)cn1. The zero-order valence-electron chi connectivity index (χ0n) is 19.7. The van der Waals surface area contributed by atoms with Gasteiger partial charge in [-0.15, -0.1) is 0 Å². The summed E-state index contributed by atoms with van der Waals surface area (Å²) in [6, 6.07) is 6.08. The predicted molar refractivity (Wildman–Crippen MR) is 129 cm³/mol. The Hall–Kier alpha value is -3.57. The molecule has 194 valence electrons. The number of hydrogen-bond donors (Lipinski definition) is 2. The fourth-order valence-corrected chi connectivity index (χ4v) is 4.21. The maximum atomic E-state index is 13.4. The van der Waals surface area contributed by atoms with Crippen LogP contribution in [0.5, 0.6) is 0 Å². The van der Waals surface area contributed by atoms with Gasteiger partial charge in [-0.1, -0.05) is 11.6 Å². The molecule has 0 saturated carbocycles. The van der Waals surface area contributed by atoms with E-state index in [2.05, 4.69) is 25.6 Å². The minimum atomic E-state index is -4.59. The van der Waals surface area contributed by atoms with Gasteiger partial charge in [-0.2, -0.15) is 13.2 Å². The first-order chi connectivity index (χ1) is 17.6. The minimum absolute atomic E-state index is 0.0276. The van der Waals surface area contributed by atoms with Crippen LogP contribution in [0.4, 0.5) is 24.5 Å². The number of benzene rings is 1. The summed E-state index contributed by atoms with van der Waals surface area (Å²) in [6.45, 7) is 2.18. The van der Waals surface area contributed by atoms with Crippen molar-refractivity contribution in [1.29, 1.82) is 0 Å². The van der Waals surface area contributed by atoms with E-state index < -0.39 is 23.2 Å². The Balaban J connectivity index is 1.44. The smallest absolute Gasteiger partial charge is 0.380 e. The molecule has 0 bridgehead atoms. The molecule has 1 unspecified atom stereocenters. The molecule has 4 rings (SSSR count). The molecule has 0 spiro atoms. The first-order valence-corrected chi connectivity index (χ1v) is 11.7. The summed E-state index contributed by atoms with van der Waals surface area (Å²) in [5.74, 6) is -0.606. The lowest BCUT2D eigenvalue weighted by Crippen LogP contribution is -2.44. The molecule has 3 heterocycles. The highest BCUT2D eigenvalue weighted by Crippen LogP contribution is 2.38. The lowest BCUT2D eigenvalue weighted by Gasteiger charge is -2.27. The second kappa shape index (κ2) is 10.8. The predicted octanol–water partition coefficient (Wildman–Crippen LogP) is 5.14. The highest BCUT2D eigenvalue weighted by atomic mass is 35.5. The Morgan fingerprint density at radius 2 is 1.92 bits per heavy atom. The Morgan fingerprint density at radius 1 is 1.16 bits per heavy atom. The number of ether oxygens (including phenoxy) is 1. The molecule has 0 radical (unpaired) electrons. The van der Waals surface area contributed by atoms with Gasteiger partial charge < -0.3 is 15.4 Å². The summed E-state index contributed by atoms with van der Waals surface area (Å²) in [7, 11) is 0. The number of carbonyl (C=O) groups excluding carboxylic acids is 2. The van der Waals surface area contributed by atoms with Gasteiger partial charge in [0.05, 0.1) is 52.5 Å². The van der Waals surface area contributed by atoms with Crippen molar-refractivity contribution in [3.63, 3.8) is 0 Å². The van der Waals surface area contributed by atoms with E-state index in [1.54, 1.807) is 19.1 Å². The van der Waals surface area contributed by atoms with Crippen molar-refractivity contribution < 1.29 is 27.5 Å². The van der Waals surface area contributed by atoms with E-state index >= 15 is 0 Å². The van der Waals surface area contributed by atoms with Crippen molar-refractivity contribution in [3.05, 3.63) is 77.1 Å². The van der Waals surface area contributed by atoms with Gasteiger partial charge in [0, 0.05) is 30.4 Å². The molecule has 0 aliphatic carbocycles. The molecule has 1 aliphatic rings. The fourth-order valence-electron chi connectivity index (χ4n) is 4.03. The average Bonchev–Trinajstić information content (AvgIpc) is 3.35. The highest BCUT2D eigenvalue weighted by Gasteiger charge is 2.44. The van der Waals surface area contributed by atoms with Gasteiger partial charge in [0.2, 0.25) is 5.91 Å². The second-order valence-electron chi connectivity index (χ2n) is 8.79. The number of amides is 1. The number of halogens is 4. The summed E-state index contributed by atoms with van der Waals surface area (Å²) >= 11 is 5.73. The van der Waals surface area contributed by atoms with Gasteiger partial charge in [0.25, 0.3) is 0 Å². The first kappa shape index (κ1) is 26.5. The number of Topliss-reactive ketones (excluding diaryl/α,β-unsaturated/α-hetero) is 1. The van der Waals surface area contributed by atoms with Crippen LogP contribution in [0.2, 0.25) is 5.02 Å². The number of hydrogen-bond acceptors (Lipinski definition) is 7. The van der Waals surface area contributed by atoms with Crippen LogP contribution in [-0.4, -0.2) is 39.9 Å². The Morgan fingerprint density at radius 3 is 2.54 bits per heavy atom. The number of nitrogens with one attached hydrogen (secondary N) is 2. The third-order valence-corrected chi connectivity index (χ3v) is 6.35. The molecular formula is C25H23ClF3N5O3. The molecular weight excluding hydrogens is 511 g/mol. The van der Waals surface area contributed by atoms with Gasteiger partial charge >= 0.3 is 6.18 Å². The van der Waals surface area contributed by atoms with Gasteiger partial charge in [0.1, 0.15) is 6.33 Å². The van der Waals surface area contributed by atoms with E-state index in [1.807, 2.05) is 0 Å². The van der Waals surface area contributed by atoms with Gasteiger partial charge in [-0.3, -0.25) is 14.6 Å². The van der Waals surface area contributed by atoms with Gasteiger partial charge in [0.15, 0.2) is 5.78 Å². The molecule has 1 aliphatic heterocycles. The normalized spacial score (nSPS) is 18.3. The van der Waals surface area contributed by atoms with E-state index in [-0.39, 0.29) is 35.4 Å². The second-order valence-corrected chi connectivity index (χ2v) is 9.23. The zero-order chi connectivity index (χ0) is 26.6. The molecule has 2 atom stereocenters. The number of pyridine rings is 1. The zero-order valence-corrected chi connectivity index (χ0v) is 20.4. The summed E-state index contributed by atoms with van der Waals surface area (Å²) in [5, 5.41) is 5.57. The van der Waals surface area contributed by atoms with E-state index in [1.165, 1.54) is 37.1 Å². The van der Waals surface area contributed by atoms with Crippen LogP contribution in [0.25, 0.3) is 0 Å². The van der Waals surface area contributed by atoms with E-state index in [0.29, 0.717) is 30.0 Å². The van der Waals surface area contributed by atoms with E-state index in [0.717, 1.165) is 6.07 Å². The molecule has 37 heavy (non-hydrogen) atoms. The van der Waals surface area contributed by atoms with Crippen LogP contribution in [0.15, 0.2) is 55.2 Å². The third-order valence-electron chi connectivity index (χ3n) is 6.11. The van der Waals surface area contributed by atoms with Crippen LogP contribution in [0, 0.1) is 5.41 Å². The molecule has 1 amide bonds. The quantitative estimate of drug-likeness (QED) is 0.386. The molecule has 2 aromatic heterocycles. The molecule has 8 nitrogen and oxygen atoms in total. The maximum Gasteiger partial charge on any atom is 0.418 e. The summed E-state index contributed by atoms with van der Waals surface area (Å²) < 4.78 is 45.6. The molecule has 2 N–H and O–H groups in total. The van der Waals surface area contributed by atoms with Crippen LogP contribution in [0.3, 0.4) is 0 Å². The Labute approximate surface area is 215 Å². The van der Waals surface area contributed by atoms with Crippen LogP contribution in [-0.2, 0) is 15.7 Å².